The number of benzene rings is 1. The minimum absolute atomic E-state index is 0.767. The molecular formula is C13H17Br2NS. The molecule has 1 aromatic rings. The Hall–Kier alpha value is 0.330. The lowest BCUT2D eigenvalue weighted by atomic mass is 10.2. The Morgan fingerprint density at radius 3 is 2.47 bits per heavy atom. The van der Waals surface area contributed by atoms with Crippen LogP contribution in [0.3, 0.4) is 0 Å². The average Bonchev–Trinajstić information content (AvgIpc) is 2.59. The molecule has 0 aromatic heterocycles. The summed E-state index contributed by atoms with van der Waals surface area (Å²) < 4.78 is 5.73. The molecule has 1 nitrogen and oxygen atoms in total. The Morgan fingerprint density at radius 1 is 1.06 bits per heavy atom. The van der Waals surface area contributed by atoms with Crippen LogP contribution in [0.1, 0.15) is 38.5 Å². The molecule has 1 aliphatic carbocycles. The van der Waals surface area contributed by atoms with Crippen LogP contribution < -0.4 is 4.72 Å². The molecule has 2 rings (SSSR count). The second-order valence-corrected chi connectivity index (χ2v) is 7.33. The molecule has 0 atom stereocenters. The summed E-state index contributed by atoms with van der Waals surface area (Å²) in [4.78, 5) is 0. The van der Waals surface area contributed by atoms with Crippen LogP contribution in [0.5, 0.6) is 0 Å². The van der Waals surface area contributed by atoms with Crippen molar-refractivity contribution in [3.8, 4) is 0 Å². The maximum absolute atomic E-state index is 3.57. The molecule has 4 heteroatoms. The summed E-state index contributed by atoms with van der Waals surface area (Å²) in [5.41, 5.74) is 1.16. The second-order valence-electron chi connectivity index (χ2n) is 4.46. The lowest BCUT2D eigenvalue weighted by Crippen LogP contribution is -2.04. The van der Waals surface area contributed by atoms with Gasteiger partial charge in [-0.3, -0.25) is 0 Å². The van der Waals surface area contributed by atoms with E-state index < -0.39 is 0 Å². The van der Waals surface area contributed by atoms with Crippen LogP contribution in [0.25, 0.3) is 0 Å². The molecule has 1 fully saturated rings. The predicted molar refractivity (Wildman–Crippen MR) is 84.5 cm³/mol. The molecule has 0 aliphatic heterocycles. The number of hydrogen-bond acceptors (Lipinski definition) is 2. The third-order valence-corrected chi connectivity index (χ3v) is 5.39. The zero-order chi connectivity index (χ0) is 12.1. The normalized spacial score (nSPS) is 17.8. The van der Waals surface area contributed by atoms with Gasteiger partial charge in [0, 0.05) is 14.2 Å². The van der Waals surface area contributed by atoms with Crippen LogP contribution in [0.2, 0.25) is 0 Å². The molecule has 0 spiro atoms. The van der Waals surface area contributed by atoms with Crippen molar-refractivity contribution >= 4 is 49.5 Å². The number of hydrogen-bond donors (Lipinski definition) is 1. The highest BCUT2D eigenvalue weighted by Gasteiger charge is 2.13. The zero-order valence-electron chi connectivity index (χ0n) is 9.72. The first-order valence-electron chi connectivity index (χ1n) is 6.12. The monoisotopic (exact) mass is 377 g/mol. The van der Waals surface area contributed by atoms with Gasteiger partial charge in [0.25, 0.3) is 0 Å². The van der Waals surface area contributed by atoms with Crippen molar-refractivity contribution < 1.29 is 0 Å². The van der Waals surface area contributed by atoms with Gasteiger partial charge in [0.1, 0.15) is 0 Å². The van der Waals surface area contributed by atoms with E-state index in [2.05, 4.69) is 48.7 Å². The van der Waals surface area contributed by atoms with Crippen LogP contribution in [0.15, 0.2) is 27.1 Å². The molecule has 1 saturated carbocycles. The maximum atomic E-state index is 3.57. The van der Waals surface area contributed by atoms with Gasteiger partial charge >= 0.3 is 0 Å². The van der Waals surface area contributed by atoms with E-state index >= 15 is 0 Å². The van der Waals surface area contributed by atoms with Crippen molar-refractivity contribution in [2.45, 2.75) is 43.8 Å². The van der Waals surface area contributed by atoms with Crippen molar-refractivity contribution in [1.29, 1.82) is 0 Å². The minimum Gasteiger partial charge on any atom is -0.328 e. The van der Waals surface area contributed by atoms with E-state index in [1.54, 1.807) is 0 Å². The first-order valence-corrected chi connectivity index (χ1v) is 8.59. The Morgan fingerprint density at radius 2 is 1.76 bits per heavy atom. The van der Waals surface area contributed by atoms with Gasteiger partial charge in [-0.15, -0.1) is 0 Å². The fourth-order valence-corrected chi connectivity index (χ4v) is 3.95. The Labute approximate surface area is 125 Å². The highest BCUT2D eigenvalue weighted by molar-refractivity contribution is 9.11. The first kappa shape index (κ1) is 13.8. The van der Waals surface area contributed by atoms with Gasteiger partial charge in [0.15, 0.2) is 0 Å². The molecule has 0 amide bonds. The van der Waals surface area contributed by atoms with E-state index in [0.717, 1.165) is 19.9 Å². The lowest BCUT2D eigenvalue weighted by molar-refractivity contribution is 0.702. The standard InChI is InChI=1S/C13H17Br2NS/c14-10-7-8-12(15)13(9-10)16-17-11-5-3-1-2-4-6-11/h7-9,11,16H,1-6H2. The molecule has 0 saturated heterocycles. The van der Waals surface area contributed by atoms with Crippen molar-refractivity contribution in [3.63, 3.8) is 0 Å². The fraction of sp³-hybridized carbons (Fsp3) is 0.538. The predicted octanol–water partition coefficient (Wildman–Crippen LogP) is 5.99. The SMILES string of the molecule is Brc1ccc(Br)c(NSC2CCCCCC2)c1. The van der Waals surface area contributed by atoms with E-state index in [4.69, 9.17) is 0 Å². The van der Waals surface area contributed by atoms with E-state index in [-0.39, 0.29) is 0 Å². The first-order chi connectivity index (χ1) is 8.25. The number of rotatable bonds is 3. The number of nitrogens with one attached hydrogen (secondary N) is 1. The Kier molecular flexibility index (Phi) is 5.70. The van der Waals surface area contributed by atoms with Gasteiger partial charge in [0.05, 0.1) is 5.69 Å². The molecule has 1 aliphatic rings. The van der Waals surface area contributed by atoms with Gasteiger partial charge in [-0.25, -0.2) is 0 Å². The summed E-state index contributed by atoms with van der Waals surface area (Å²) in [5, 5.41) is 0.767. The highest BCUT2D eigenvalue weighted by atomic mass is 79.9. The lowest BCUT2D eigenvalue weighted by Gasteiger charge is -2.15. The highest BCUT2D eigenvalue weighted by Crippen LogP contribution is 2.32. The fourth-order valence-electron chi connectivity index (χ4n) is 2.08. The van der Waals surface area contributed by atoms with Crippen molar-refractivity contribution in [2.75, 3.05) is 4.72 Å². The molecule has 17 heavy (non-hydrogen) atoms. The molecule has 1 N–H and O–H groups in total. The van der Waals surface area contributed by atoms with Crippen molar-refractivity contribution in [2.24, 2.45) is 0 Å². The third kappa shape index (κ3) is 4.49. The largest absolute Gasteiger partial charge is 0.328 e. The van der Waals surface area contributed by atoms with Gasteiger partial charge in [0.2, 0.25) is 0 Å². The summed E-state index contributed by atoms with van der Waals surface area (Å²) in [5.74, 6) is 0. The van der Waals surface area contributed by atoms with Gasteiger partial charge < -0.3 is 4.72 Å². The molecule has 0 heterocycles. The Balaban J connectivity index is 1.89. The molecule has 0 bridgehead atoms. The van der Waals surface area contributed by atoms with E-state index in [1.807, 2.05) is 18.0 Å². The number of anilines is 1. The van der Waals surface area contributed by atoms with E-state index in [9.17, 15) is 0 Å². The van der Waals surface area contributed by atoms with E-state index in [1.165, 1.54) is 38.5 Å². The molecule has 0 unspecified atom stereocenters. The summed E-state index contributed by atoms with van der Waals surface area (Å²) in [7, 11) is 0. The quantitative estimate of drug-likeness (QED) is 0.511. The van der Waals surface area contributed by atoms with Crippen LogP contribution in [0.4, 0.5) is 5.69 Å². The van der Waals surface area contributed by atoms with Crippen LogP contribution in [-0.2, 0) is 0 Å². The summed E-state index contributed by atoms with van der Waals surface area (Å²) >= 11 is 8.96. The Bertz CT molecular complexity index is 362. The molecule has 94 valence electrons. The van der Waals surface area contributed by atoms with Crippen molar-refractivity contribution in [3.05, 3.63) is 27.1 Å². The molecular weight excluding hydrogens is 362 g/mol. The summed E-state index contributed by atoms with van der Waals surface area (Å²) in [6.07, 6.45) is 8.31. The summed E-state index contributed by atoms with van der Waals surface area (Å²) in [6, 6.07) is 6.24. The topological polar surface area (TPSA) is 12.0 Å². The zero-order valence-corrected chi connectivity index (χ0v) is 13.7. The third-order valence-electron chi connectivity index (χ3n) is 3.07. The number of halogens is 2. The van der Waals surface area contributed by atoms with Crippen LogP contribution >= 0.6 is 43.8 Å². The van der Waals surface area contributed by atoms with Crippen molar-refractivity contribution in [1.82, 2.24) is 0 Å². The molecule has 0 radical (unpaired) electrons. The van der Waals surface area contributed by atoms with Gasteiger partial charge in [-0.1, -0.05) is 41.6 Å². The minimum atomic E-state index is 0.767. The second kappa shape index (κ2) is 7.05. The van der Waals surface area contributed by atoms with Crippen LogP contribution in [-0.4, -0.2) is 5.25 Å². The van der Waals surface area contributed by atoms with E-state index in [0.29, 0.717) is 0 Å². The van der Waals surface area contributed by atoms with Gasteiger partial charge in [-0.2, -0.15) is 0 Å². The van der Waals surface area contributed by atoms with Crippen LogP contribution in [0, 0.1) is 0 Å². The average molecular weight is 379 g/mol. The van der Waals surface area contributed by atoms with Gasteiger partial charge in [-0.05, 0) is 58.9 Å². The molecule has 1 aromatic carbocycles. The summed E-state index contributed by atoms with van der Waals surface area (Å²) in [6.45, 7) is 0. The maximum Gasteiger partial charge on any atom is 0.0595 e. The smallest absolute Gasteiger partial charge is 0.0595 e.